The lowest BCUT2D eigenvalue weighted by Gasteiger charge is -2.34. The minimum Gasteiger partial charge on any atom is -0.345 e. The van der Waals surface area contributed by atoms with E-state index in [1.807, 2.05) is 54.7 Å². The predicted molar refractivity (Wildman–Crippen MR) is 162 cm³/mol. The van der Waals surface area contributed by atoms with Gasteiger partial charge in [0.15, 0.2) is 0 Å². The number of hydrogen-bond acceptors (Lipinski definition) is 4. The number of rotatable bonds is 12. The molecule has 0 aliphatic heterocycles. The Morgan fingerprint density at radius 3 is 2.09 bits per heavy atom. The first-order valence-corrected chi connectivity index (χ1v) is 14.1. The molecule has 3 aromatic rings. The normalized spacial score (nSPS) is 14.6. The van der Waals surface area contributed by atoms with Crippen molar-refractivity contribution in [1.29, 1.82) is 0 Å². The molecule has 3 aromatic carbocycles. The van der Waals surface area contributed by atoms with Crippen LogP contribution < -0.4 is 11.1 Å². The van der Waals surface area contributed by atoms with Gasteiger partial charge in [-0.25, -0.2) is 0 Å². The van der Waals surface area contributed by atoms with Gasteiger partial charge in [0.1, 0.15) is 18.6 Å². The number of halogens is 3. The van der Waals surface area contributed by atoms with Gasteiger partial charge in [0.2, 0.25) is 17.7 Å². The summed E-state index contributed by atoms with van der Waals surface area (Å²) in [7, 11) is 2.86. The highest BCUT2D eigenvalue weighted by Gasteiger charge is 2.36. The molecule has 0 fully saturated rings. The first-order chi connectivity index (χ1) is 20.2. The van der Waals surface area contributed by atoms with Gasteiger partial charge in [0, 0.05) is 38.6 Å². The second-order valence-corrected chi connectivity index (χ2v) is 11.0. The van der Waals surface area contributed by atoms with Crippen molar-refractivity contribution in [2.45, 2.75) is 56.9 Å². The van der Waals surface area contributed by atoms with E-state index in [4.69, 9.17) is 5.73 Å². The molecule has 7 nitrogen and oxygen atoms in total. The molecule has 0 saturated carbocycles. The lowest BCUT2D eigenvalue weighted by atomic mass is 9.98. The number of likely N-dealkylation sites (N-methyl/N-ethyl adjacent to an activating group) is 2. The average Bonchev–Trinajstić information content (AvgIpc) is 2.99. The van der Waals surface area contributed by atoms with E-state index in [-0.39, 0.29) is 12.8 Å². The van der Waals surface area contributed by atoms with Crippen LogP contribution >= 0.6 is 0 Å². The van der Waals surface area contributed by atoms with Crippen LogP contribution in [0.1, 0.15) is 31.4 Å². The number of alkyl halides is 3. The molecule has 0 aliphatic rings. The molecule has 0 radical (unpaired) electrons. The third-order valence-electron chi connectivity index (χ3n) is 7.56. The molecule has 0 bridgehead atoms. The molecule has 230 valence electrons. The van der Waals surface area contributed by atoms with Crippen molar-refractivity contribution in [3.8, 4) is 0 Å². The lowest BCUT2D eigenvalue weighted by Crippen LogP contribution is -2.56. The Bertz CT molecular complexity index is 1440. The molecule has 0 aliphatic carbocycles. The average molecular weight is 597 g/mol. The number of nitrogens with zero attached hydrogens (tertiary/aromatic N) is 2. The van der Waals surface area contributed by atoms with Gasteiger partial charge in [0.25, 0.3) is 0 Å². The van der Waals surface area contributed by atoms with Gasteiger partial charge in [-0.05, 0) is 35.2 Å². The van der Waals surface area contributed by atoms with Gasteiger partial charge in [0.05, 0.1) is 0 Å². The summed E-state index contributed by atoms with van der Waals surface area (Å²) in [6.45, 7) is 2.13. The Kier molecular flexibility index (Phi) is 11.1. The highest BCUT2D eigenvalue weighted by Crippen LogP contribution is 2.21. The van der Waals surface area contributed by atoms with Crippen LogP contribution in [0, 0.1) is 0 Å². The summed E-state index contributed by atoms with van der Waals surface area (Å²) < 4.78 is 38.9. The van der Waals surface area contributed by atoms with Crippen molar-refractivity contribution in [2.75, 3.05) is 20.6 Å². The zero-order valence-corrected chi connectivity index (χ0v) is 24.9. The van der Waals surface area contributed by atoms with Crippen molar-refractivity contribution in [2.24, 2.45) is 5.73 Å². The van der Waals surface area contributed by atoms with Crippen LogP contribution in [0.25, 0.3) is 10.8 Å². The third kappa shape index (κ3) is 9.68. The fourth-order valence-corrected chi connectivity index (χ4v) is 4.57. The van der Waals surface area contributed by atoms with Crippen molar-refractivity contribution in [3.05, 3.63) is 96.1 Å². The number of nitrogens with one attached hydrogen (secondary N) is 1. The number of carbonyl (C=O) groups excluding carboxylic acids is 3. The maximum Gasteiger partial charge on any atom is 0.405 e. The first-order valence-electron chi connectivity index (χ1n) is 14.1. The summed E-state index contributed by atoms with van der Waals surface area (Å²) in [5.41, 5.74) is 6.87. The topological polar surface area (TPSA) is 95.7 Å². The van der Waals surface area contributed by atoms with Crippen molar-refractivity contribution >= 4 is 28.5 Å². The van der Waals surface area contributed by atoms with Crippen LogP contribution in [0.3, 0.4) is 0 Å². The Hall–Kier alpha value is -4.18. The van der Waals surface area contributed by atoms with Gasteiger partial charge in [-0.15, -0.1) is 0 Å². The molecular formula is C33H39F3N4O3. The standard InChI is InChI=1S/C33H39F3N4O3/c1-5-32(2,37)18-17-29(41)39(3)28(21-24-15-16-25-13-9-10-14-26(25)19-24)31(43)40(4)27(20-23-11-7-6-8-12-23)30(42)38-22-33(34,35)36/h6-19,27-28H,5,20-22,37H2,1-4H3,(H,38,42)/t27-,28-,32?/m1/s1. The number of carbonyl (C=O) groups is 3. The van der Waals surface area contributed by atoms with E-state index in [1.54, 1.807) is 43.3 Å². The van der Waals surface area contributed by atoms with Gasteiger partial charge in [-0.2, -0.15) is 13.2 Å². The molecule has 3 rings (SSSR count). The van der Waals surface area contributed by atoms with Crippen LogP contribution in [0.15, 0.2) is 84.9 Å². The van der Waals surface area contributed by atoms with Crippen molar-refractivity contribution in [3.63, 3.8) is 0 Å². The maximum atomic E-state index is 14.1. The number of amides is 3. The van der Waals surface area contributed by atoms with Gasteiger partial charge in [-0.1, -0.05) is 85.8 Å². The quantitative estimate of drug-likeness (QED) is 0.298. The first kappa shape index (κ1) is 33.3. The molecule has 0 heterocycles. The van der Waals surface area contributed by atoms with E-state index in [2.05, 4.69) is 0 Å². The number of fused-ring (bicyclic) bond motifs is 1. The molecule has 10 heteroatoms. The van der Waals surface area contributed by atoms with Crippen LogP contribution in [0.2, 0.25) is 0 Å². The molecule has 3 N–H and O–H groups in total. The largest absolute Gasteiger partial charge is 0.405 e. The van der Waals surface area contributed by atoms with E-state index in [1.165, 1.54) is 25.1 Å². The summed E-state index contributed by atoms with van der Waals surface area (Å²) >= 11 is 0. The SMILES string of the molecule is CCC(C)(N)C=CC(=O)N(C)[C@H](Cc1ccc2ccccc2c1)C(=O)N(C)[C@H](Cc1ccccc1)C(=O)NCC(F)(F)F. The highest BCUT2D eigenvalue weighted by molar-refractivity contribution is 5.95. The molecule has 3 atom stereocenters. The fourth-order valence-electron chi connectivity index (χ4n) is 4.57. The number of benzene rings is 3. The maximum absolute atomic E-state index is 14.1. The summed E-state index contributed by atoms with van der Waals surface area (Å²) in [6, 6.07) is 19.8. The summed E-state index contributed by atoms with van der Waals surface area (Å²) in [4.78, 5) is 42.9. The van der Waals surface area contributed by atoms with E-state index >= 15 is 0 Å². The van der Waals surface area contributed by atoms with Crippen molar-refractivity contribution in [1.82, 2.24) is 15.1 Å². The van der Waals surface area contributed by atoms with Gasteiger partial charge < -0.3 is 20.9 Å². The highest BCUT2D eigenvalue weighted by atomic mass is 19.4. The Labute approximate surface area is 250 Å². The minimum atomic E-state index is -4.62. The zero-order valence-electron chi connectivity index (χ0n) is 24.9. The van der Waals surface area contributed by atoms with Crippen LogP contribution in [0.4, 0.5) is 13.2 Å². The van der Waals surface area contributed by atoms with Crippen LogP contribution in [0.5, 0.6) is 0 Å². The van der Waals surface area contributed by atoms with Gasteiger partial charge in [-0.3, -0.25) is 14.4 Å². The molecule has 1 unspecified atom stereocenters. The Balaban J connectivity index is 1.98. The van der Waals surface area contributed by atoms with E-state index < -0.39 is 48.1 Å². The Morgan fingerprint density at radius 2 is 1.47 bits per heavy atom. The lowest BCUT2D eigenvalue weighted by molar-refractivity contribution is -0.149. The summed E-state index contributed by atoms with van der Waals surface area (Å²) in [5.74, 6) is -2.01. The molecular weight excluding hydrogens is 557 g/mol. The van der Waals surface area contributed by atoms with Gasteiger partial charge >= 0.3 is 6.18 Å². The van der Waals surface area contributed by atoms with Crippen molar-refractivity contribution < 1.29 is 27.6 Å². The second kappa shape index (κ2) is 14.3. The van der Waals surface area contributed by atoms with E-state index in [0.29, 0.717) is 12.0 Å². The Morgan fingerprint density at radius 1 is 0.860 bits per heavy atom. The third-order valence-corrected chi connectivity index (χ3v) is 7.56. The molecule has 43 heavy (non-hydrogen) atoms. The smallest absolute Gasteiger partial charge is 0.345 e. The fraction of sp³-hybridized carbons (Fsp3) is 0.364. The minimum absolute atomic E-state index is 0.0188. The monoisotopic (exact) mass is 596 g/mol. The van der Waals surface area contributed by atoms with E-state index in [9.17, 15) is 27.6 Å². The van der Waals surface area contributed by atoms with Crippen LogP contribution in [-0.2, 0) is 27.2 Å². The molecule has 0 saturated heterocycles. The summed E-state index contributed by atoms with van der Waals surface area (Å²) in [6.07, 6.45) is -1.05. The summed E-state index contributed by atoms with van der Waals surface area (Å²) in [5, 5.41) is 3.87. The predicted octanol–water partition coefficient (Wildman–Crippen LogP) is 4.64. The van der Waals surface area contributed by atoms with Crippen LogP contribution in [-0.4, -0.2) is 72.0 Å². The molecule has 3 amide bonds. The number of nitrogens with two attached hydrogens (primary N) is 1. The molecule has 0 spiro atoms. The van der Waals surface area contributed by atoms with E-state index in [0.717, 1.165) is 21.2 Å². The second-order valence-electron chi connectivity index (χ2n) is 11.0. The zero-order chi connectivity index (χ0) is 31.8. The number of hydrogen-bond donors (Lipinski definition) is 2. The molecule has 0 aromatic heterocycles.